The van der Waals surface area contributed by atoms with Gasteiger partial charge in [-0.2, -0.15) is 0 Å². The van der Waals surface area contributed by atoms with Crippen LogP contribution in [-0.2, 0) is 13.0 Å². The number of rotatable bonds is 4. The van der Waals surface area contributed by atoms with Crippen LogP contribution in [-0.4, -0.2) is 29.6 Å². The third-order valence-electron chi connectivity index (χ3n) is 4.22. The van der Waals surface area contributed by atoms with Gasteiger partial charge in [-0.15, -0.1) is 0 Å². The summed E-state index contributed by atoms with van der Waals surface area (Å²) in [5, 5.41) is 3.60. The van der Waals surface area contributed by atoms with Gasteiger partial charge in [0.2, 0.25) is 0 Å². The maximum atomic E-state index is 3.60. The van der Waals surface area contributed by atoms with E-state index in [0.717, 1.165) is 13.1 Å². The van der Waals surface area contributed by atoms with Gasteiger partial charge in [0.05, 0.1) is 0 Å². The Morgan fingerprint density at radius 3 is 2.60 bits per heavy atom. The fraction of sp³-hybridized carbons (Fsp3) is 0.667. The zero-order chi connectivity index (χ0) is 14.6. The summed E-state index contributed by atoms with van der Waals surface area (Å²) in [6, 6.07) is 9.59. The quantitative estimate of drug-likeness (QED) is 0.902. The molecule has 0 saturated carbocycles. The molecule has 2 nitrogen and oxygen atoms in total. The average Bonchev–Trinajstić information content (AvgIpc) is 2.59. The molecule has 1 heterocycles. The van der Waals surface area contributed by atoms with Gasteiger partial charge in [0.1, 0.15) is 0 Å². The third-order valence-corrected chi connectivity index (χ3v) is 4.22. The topological polar surface area (TPSA) is 15.3 Å². The van der Waals surface area contributed by atoms with Gasteiger partial charge in [0.25, 0.3) is 0 Å². The number of aryl methyl sites for hydroxylation is 1. The fourth-order valence-electron chi connectivity index (χ4n) is 2.94. The summed E-state index contributed by atoms with van der Waals surface area (Å²) in [6.45, 7) is 12.5. The predicted octanol–water partition coefficient (Wildman–Crippen LogP) is 3.60. The minimum Gasteiger partial charge on any atom is -0.312 e. The maximum absolute atomic E-state index is 3.60. The van der Waals surface area contributed by atoms with Crippen molar-refractivity contribution in [3.05, 3.63) is 35.4 Å². The van der Waals surface area contributed by atoms with Crippen molar-refractivity contribution in [1.82, 2.24) is 10.2 Å². The largest absolute Gasteiger partial charge is 0.312 e. The molecule has 1 N–H and O–H groups in total. The van der Waals surface area contributed by atoms with E-state index in [0.29, 0.717) is 6.04 Å². The third kappa shape index (κ3) is 4.60. The molecule has 1 aliphatic rings. The predicted molar refractivity (Wildman–Crippen MR) is 87.0 cm³/mol. The van der Waals surface area contributed by atoms with Crippen LogP contribution in [0, 0.1) is 0 Å². The van der Waals surface area contributed by atoms with Gasteiger partial charge < -0.3 is 5.32 Å². The van der Waals surface area contributed by atoms with Gasteiger partial charge in [-0.25, -0.2) is 0 Å². The smallest absolute Gasteiger partial charge is 0.0239 e. The molecule has 2 heteroatoms. The maximum Gasteiger partial charge on any atom is 0.0239 e. The van der Waals surface area contributed by atoms with Crippen LogP contribution in [0.3, 0.4) is 0 Å². The summed E-state index contributed by atoms with van der Waals surface area (Å²) >= 11 is 0. The van der Waals surface area contributed by atoms with Gasteiger partial charge in [0.15, 0.2) is 0 Å². The van der Waals surface area contributed by atoms with E-state index in [1.807, 2.05) is 0 Å². The minimum atomic E-state index is 0.227. The molecule has 0 saturated heterocycles. The molecule has 0 aromatic heterocycles. The lowest BCUT2D eigenvalue weighted by atomic mass is 10.0. The van der Waals surface area contributed by atoms with Crippen molar-refractivity contribution in [1.29, 1.82) is 0 Å². The Balaban J connectivity index is 1.89. The number of nitrogens with one attached hydrogen (secondary N) is 1. The van der Waals surface area contributed by atoms with Crippen molar-refractivity contribution >= 4 is 0 Å². The highest BCUT2D eigenvalue weighted by atomic mass is 15.2. The van der Waals surface area contributed by atoms with Gasteiger partial charge in [-0.3, -0.25) is 4.90 Å². The minimum absolute atomic E-state index is 0.227. The zero-order valence-electron chi connectivity index (χ0n) is 13.6. The van der Waals surface area contributed by atoms with Crippen molar-refractivity contribution in [2.75, 3.05) is 13.1 Å². The van der Waals surface area contributed by atoms with Crippen LogP contribution in [0.15, 0.2) is 24.3 Å². The molecule has 1 atom stereocenters. The van der Waals surface area contributed by atoms with Crippen LogP contribution in [0.4, 0.5) is 0 Å². The Bertz CT molecular complexity index is 420. The van der Waals surface area contributed by atoms with E-state index in [9.17, 15) is 0 Å². The van der Waals surface area contributed by atoms with Gasteiger partial charge in [0, 0.05) is 18.1 Å². The van der Waals surface area contributed by atoms with E-state index in [-0.39, 0.29) is 5.54 Å². The summed E-state index contributed by atoms with van der Waals surface area (Å²) in [4.78, 5) is 2.65. The first-order chi connectivity index (χ1) is 9.46. The van der Waals surface area contributed by atoms with E-state index < -0.39 is 0 Å². The summed E-state index contributed by atoms with van der Waals surface area (Å²) in [7, 11) is 0. The lowest BCUT2D eigenvalue weighted by Gasteiger charge is -2.29. The van der Waals surface area contributed by atoms with E-state index in [4.69, 9.17) is 0 Å². The van der Waals surface area contributed by atoms with E-state index in [1.54, 1.807) is 5.56 Å². The SMILES string of the molecule is CC(CCNC(C)(C)C)N1CCCc2ccccc2C1. The Morgan fingerprint density at radius 2 is 1.90 bits per heavy atom. The van der Waals surface area contributed by atoms with Crippen molar-refractivity contribution < 1.29 is 0 Å². The molecule has 1 aliphatic heterocycles. The Morgan fingerprint density at radius 1 is 1.20 bits per heavy atom. The monoisotopic (exact) mass is 274 g/mol. The molecule has 0 bridgehead atoms. The summed E-state index contributed by atoms with van der Waals surface area (Å²) < 4.78 is 0. The van der Waals surface area contributed by atoms with Crippen LogP contribution in [0.5, 0.6) is 0 Å². The standard InChI is InChI=1S/C18H30N2/c1-15(11-12-19-18(2,3)4)20-13-7-10-16-8-5-6-9-17(16)14-20/h5-6,8-9,15,19H,7,10-14H2,1-4H3. The van der Waals surface area contributed by atoms with Gasteiger partial charge in [-0.1, -0.05) is 24.3 Å². The van der Waals surface area contributed by atoms with Crippen LogP contribution in [0.2, 0.25) is 0 Å². The fourth-order valence-corrected chi connectivity index (χ4v) is 2.94. The van der Waals surface area contributed by atoms with E-state index in [1.165, 1.54) is 31.4 Å². The molecule has 2 rings (SSSR count). The molecule has 112 valence electrons. The first-order valence-electron chi connectivity index (χ1n) is 8.01. The summed E-state index contributed by atoms with van der Waals surface area (Å²) in [5.41, 5.74) is 3.31. The second-order valence-electron chi connectivity index (χ2n) is 7.16. The molecule has 1 unspecified atom stereocenters. The number of benzene rings is 1. The first kappa shape index (κ1) is 15.5. The first-order valence-corrected chi connectivity index (χ1v) is 8.01. The second kappa shape index (κ2) is 6.73. The zero-order valence-corrected chi connectivity index (χ0v) is 13.6. The highest BCUT2D eigenvalue weighted by Crippen LogP contribution is 2.20. The molecule has 0 amide bonds. The molecule has 0 fully saturated rings. The molecule has 0 aliphatic carbocycles. The molecular weight excluding hydrogens is 244 g/mol. The second-order valence-corrected chi connectivity index (χ2v) is 7.16. The molecular formula is C18H30N2. The van der Waals surface area contributed by atoms with E-state index >= 15 is 0 Å². The summed E-state index contributed by atoms with van der Waals surface area (Å²) in [5.74, 6) is 0. The molecule has 1 aromatic carbocycles. The van der Waals surface area contributed by atoms with E-state index in [2.05, 4.69) is 62.2 Å². The van der Waals surface area contributed by atoms with Crippen molar-refractivity contribution in [3.63, 3.8) is 0 Å². The Hall–Kier alpha value is -0.860. The van der Waals surface area contributed by atoms with Crippen molar-refractivity contribution in [2.45, 2.75) is 65.1 Å². The van der Waals surface area contributed by atoms with Crippen LogP contribution < -0.4 is 5.32 Å². The van der Waals surface area contributed by atoms with Crippen molar-refractivity contribution in [3.8, 4) is 0 Å². The Labute approximate surface area is 124 Å². The van der Waals surface area contributed by atoms with Gasteiger partial charge >= 0.3 is 0 Å². The number of hydrogen-bond donors (Lipinski definition) is 1. The summed E-state index contributed by atoms with van der Waals surface area (Å²) in [6.07, 6.45) is 3.74. The molecule has 1 aromatic rings. The number of fused-ring (bicyclic) bond motifs is 1. The van der Waals surface area contributed by atoms with Gasteiger partial charge in [-0.05, 0) is 71.2 Å². The lowest BCUT2D eigenvalue weighted by Crippen LogP contribution is -2.40. The number of hydrogen-bond acceptors (Lipinski definition) is 2. The average molecular weight is 274 g/mol. The number of nitrogens with zero attached hydrogens (tertiary/aromatic N) is 1. The molecule has 20 heavy (non-hydrogen) atoms. The molecule has 0 spiro atoms. The highest BCUT2D eigenvalue weighted by Gasteiger charge is 2.19. The van der Waals surface area contributed by atoms with Crippen molar-refractivity contribution in [2.24, 2.45) is 0 Å². The highest BCUT2D eigenvalue weighted by molar-refractivity contribution is 5.28. The normalized spacial score (nSPS) is 18.4. The van der Waals surface area contributed by atoms with Crippen LogP contribution in [0.25, 0.3) is 0 Å². The lowest BCUT2D eigenvalue weighted by molar-refractivity contribution is 0.190. The Kier molecular flexibility index (Phi) is 5.22. The van der Waals surface area contributed by atoms with Crippen LogP contribution in [0.1, 0.15) is 51.7 Å². The molecule has 0 radical (unpaired) electrons. The van der Waals surface area contributed by atoms with Crippen LogP contribution >= 0.6 is 0 Å².